The van der Waals surface area contributed by atoms with Gasteiger partial charge < -0.3 is 14.4 Å². The highest BCUT2D eigenvalue weighted by Crippen LogP contribution is 2.39. The SMILES string of the molecule is CCCCCc1cc(O)c2c3c(C(=O)OC)cccc3n(Cc3ccccc3Cc3ccccc3)c2c1. The van der Waals surface area contributed by atoms with E-state index in [1.807, 2.05) is 24.3 Å². The quantitative estimate of drug-likeness (QED) is 0.170. The zero-order chi connectivity index (χ0) is 25.8. The van der Waals surface area contributed by atoms with Crippen molar-refractivity contribution in [3.05, 3.63) is 113 Å². The maximum absolute atomic E-state index is 12.7. The molecule has 0 aliphatic rings. The Hall–Kier alpha value is -4.05. The minimum Gasteiger partial charge on any atom is -0.507 e. The van der Waals surface area contributed by atoms with Gasteiger partial charge in [-0.25, -0.2) is 4.79 Å². The third-order valence-corrected chi connectivity index (χ3v) is 7.19. The van der Waals surface area contributed by atoms with Gasteiger partial charge in [0.15, 0.2) is 0 Å². The molecular weight excluding hydrogens is 458 g/mol. The highest BCUT2D eigenvalue weighted by Gasteiger charge is 2.21. The molecule has 1 heterocycles. The van der Waals surface area contributed by atoms with Crippen molar-refractivity contribution in [2.45, 2.75) is 45.6 Å². The Labute approximate surface area is 218 Å². The summed E-state index contributed by atoms with van der Waals surface area (Å²) in [6.07, 6.45) is 5.13. The van der Waals surface area contributed by atoms with E-state index in [-0.39, 0.29) is 5.75 Å². The number of methoxy groups -OCH3 is 1. The molecule has 1 aromatic heterocycles. The number of rotatable bonds is 9. The van der Waals surface area contributed by atoms with Crippen molar-refractivity contribution < 1.29 is 14.6 Å². The van der Waals surface area contributed by atoms with Crippen LogP contribution in [0.2, 0.25) is 0 Å². The fourth-order valence-corrected chi connectivity index (χ4v) is 5.34. The van der Waals surface area contributed by atoms with Crippen molar-refractivity contribution in [3.63, 3.8) is 0 Å². The van der Waals surface area contributed by atoms with E-state index in [1.54, 1.807) is 6.07 Å². The molecule has 0 radical (unpaired) electrons. The number of esters is 1. The molecule has 5 aromatic rings. The van der Waals surface area contributed by atoms with Gasteiger partial charge >= 0.3 is 5.97 Å². The zero-order valence-corrected chi connectivity index (χ0v) is 21.5. The van der Waals surface area contributed by atoms with Crippen LogP contribution in [0, 0.1) is 0 Å². The van der Waals surface area contributed by atoms with Crippen molar-refractivity contribution in [1.82, 2.24) is 4.57 Å². The Bertz CT molecular complexity index is 1550. The number of aromatic nitrogens is 1. The molecule has 0 saturated carbocycles. The molecule has 5 rings (SSSR count). The fraction of sp³-hybridized carbons (Fsp3) is 0.242. The number of fused-ring (bicyclic) bond motifs is 3. The molecule has 4 heteroatoms. The first kappa shape index (κ1) is 24.6. The minimum atomic E-state index is -0.402. The lowest BCUT2D eigenvalue weighted by Gasteiger charge is -2.14. The van der Waals surface area contributed by atoms with Gasteiger partial charge in [0.25, 0.3) is 0 Å². The summed E-state index contributed by atoms with van der Waals surface area (Å²) < 4.78 is 7.35. The topological polar surface area (TPSA) is 51.5 Å². The molecule has 4 aromatic carbocycles. The Balaban J connectivity index is 1.69. The summed E-state index contributed by atoms with van der Waals surface area (Å²) >= 11 is 0. The van der Waals surface area contributed by atoms with E-state index in [0.29, 0.717) is 17.5 Å². The number of hydrogen-bond donors (Lipinski definition) is 1. The number of phenolic OH excluding ortho intramolecular Hbond substituents is 1. The van der Waals surface area contributed by atoms with Gasteiger partial charge in [-0.3, -0.25) is 0 Å². The molecule has 1 N–H and O–H groups in total. The third kappa shape index (κ3) is 4.97. The largest absolute Gasteiger partial charge is 0.507 e. The third-order valence-electron chi connectivity index (χ3n) is 7.19. The fourth-order valence-electron chi connectivity index (χ4n) is 5.34. The van der Waals surface area contributed by atoms with E-state index in [2.05, 4.69) is 66.1 Å². The average molecular weight is 492 g/mol. The molecule has 0 unspecified atom stereocenters. The van der Waals surface area contributed by atoms with Crippen LogP contribution in [0.4, 0.5) is 0 Å². The molecule has 0 bridgehead atoms. The highest BCUT2D eigenvalue weighted by atomic mass is 16.5. The normalized spacial score (nSPS) is 11.3. The van der Waals surface area contributed by atoms with E-state index in [0.717, 1.165) is 54.1 Å². The van der Waals surface area contributed by atoms with Crippen molar-refractivity contribution in [2.24, 2.45) is 0 Å². The van der Waals surface area contributed by atoms with Crippen LogP contribution in [-0.4, -0.2) is 22.8 Å². The summed E-state index contributed by atoms with van der Waals surface area (Å²) in [6, 6.07) is 28.7. The number of aromatic hydroxyl groups is 1. The number of unbranched alkanes of at least 4 members (excludes halogenated alkanes) is 2. The van der Waals surface area contributed by atoms with Gasteiger partial charge in [0.1, 0.15) is 5.75 Å². The lowest BCUT2D eigenvalue weighted by Crippen LogP contribution is -2.05. The molecule has 0 amide bonds. The van der Waals surface area contributed by atoms with E-state index >= 15 is 0 Å². The second kappa shape index (κ2) is 10.9. The predicted molar refractivity (Wildman–Crippen MR) is 150 cm³/mol. The standard InChI is InChI=1S/C33H33NO3/c1-3-4-6-14-24-20-29-32(30(35)21-24)31-27(33(36)37-2)17-11-18-28(31)34(29)22-26-16-10-9-15-25(26)19-23-12-7-5-8-13-23/h5,7-13,15-18,20-21,35H,3-4,6,14,19,22H2,1-2H3. The van der Waals surface area contributed by atoms with Crippen molar-refractivity contribution in [1.29, 1.82) is 0 Å². The molecule has 188 valence electrons. The van der Waals surface area contributed by atoms with Crippen LogP contribution >= 0.6 is 0 Å². The molecule has 0 spiro atoms. The summed E-state index contributed by atoms with van der Waals surface area (Å²) in [5.41, 5.74) is 7.16. The van der Waals surface area contributed by atoms with E-state index < -0.39 is 5.97 Å². The molecule has 0 aliphatic heterocycles. The number of phenols is 1. The number of carbonyl (C=O) groups is 1. The van der Waals surface area contributed by atoms with Crippen LogP contribution in [0.5, 0.6) is 5.75 Å². The smallest absolute Gasteiger partial charge is 0.338 e. The molecule has 0 atom stereocenters. The van der Waals surface area contributed by atoms with Crippen molar-refractivity contribution in [3.8, 4) is 5.75 Å². The Morgan fingerprint density at radius 2 is 1.57 bits per heavy atom. The lowest BCUT2D eigenvalue weighted by molar-refractivity contribution is 0.0603. The second-order valence-electron chi connectivity index (χ2n) is 9.67. The average Bonchev–Trinajstić information content (AvgIpc) is 3.24. The molecule has 0 aliphatic carbocycles. The summed E-state index contributed by atoms with van der Waals surface area (Å²) in [5, 5.41) is 12.7. The maximum atomic E-state index is 12.7. The maximum Gasteiger partial charge on any atom is 0.338 e. The van der Waals surface area contributed by atoms with Crippen LogP contribution in [-0.2, 0) is 24.1 Å². The van der Waals surface area contributed by atoms with Gasteiger partial charge in [-0.2, -0.15) is 0 Å². The van der Waals surface area contributed by atoms with Crippen LogP contribution in [0.25, 0.3) is 21.8 Å². The number of aryl methyl sites for hydroxylation is 1. The van der Waals surface area contributed by atoms with Crippen molar-refractivity contribution in [2.75, 3.05) is 7.11 Å². The number of hydrogen-bond acceptors (Lipinski definition) is 3. The van der Waals surface area contributed by atoms with Gasteiger partial charge in [-0.05, 0) is 65.8 Å². The highest BCUT2D eigenvalue weighted by molar-refractivity contribution is 6.19. The summed E-state index contributed by atoms with van der Waals surface area (Å²) in [6.45, 7) is 2.82. The number of nitrogens with zero attached hydrogens (tertiary/aromatic N) is 1. The summed E-state index contributed by atoms with van der Waals surface area (Å²) in [5.74, 6) is -0.192. The van der Waals surface area contributed by atoms with E-state index in [1.165, 1.54) is 23.8 Å². The van der Waals surface area contributed by atoms with Crippen LogP contribution in [0.3, 0.4) is 0 Å². The Kier molecular flexibility index (Phi) is 7.27. The van der Waals surface area contributed by atoms with Crippen LogP contribution in [0.1, 0.15) is 58.8 Å². The van der Waals surface area contributed by atoms with E-state index in [9.17, 15) is 9.90 Å². The Morgan fingerprint density at radius 1 is 0.811 bits per heavy atom. The summed E-state index contributed by atoms with van der Waals surface area (Å²) in [7, 11) is 1.39. The van der Waals surface area contributed by atoms with E-state index in [4.69, 9.17) is 4.74 Å². The molecular formula is C33H33NO3. The van der Waals surface area contributed by atoms with Crippen LogP contribution < -0.4 is 0 Å². The minimum absolute atomic E-state index is 0.210. The van der Waals surface area contributed by atoms with Gasteiger partial charge in [-0.15, -0.1) is 0 Å². The molecule has 37 heavy (non-hydrogen) atoms. The zero-order valence-electron chi connectivity index (χ0n) is 21.5. The first-order chi connectivity index (χ1) is 18.1. The van der Waals surface area contributed by atoms with Gasteiger partial charge in [-0.1, -0.05) is 80.4 Å². The van der Waals surface area contributed by atoms with Crippen molar-refractivity contribution >= 4 is 27.8 Å². The van der Waals surface area contributed by atoms with Crippen LogP contribution in [0.15, 0.2) is 84.9 Å². The van der Waals surface area contributed by atoms with Gasteiger partial charge in [0, 0.05) is 11.9 Å². The molecule has 0 fully saturated rings. The predicted octanol–water partition coefficient (Wildman–Crippen LogP) is 7.66. The second-order valence-corrected chi connectivity index (χ2v) is 9.67. The number of ether oxygens (including phenoxy) is 1. The summed E-state index contributed by atoms with van der Waals surface area (Å²) in [4.78, 5) is 12.7. The van der Waals surface area contributed by atoms with Gasteiger partial charge in [0.2, 0.25) is 0 Å². The number of benzene rings is 4. The Morgan fingerprint density at radius 3 is 2.32 bits per heavy atom. The number of carbonyl (C=O) groups excluding carboxylic acids is 1. The first-order valence-electron chi connectivity index (χ1n) is 13.1. The molecule has 0 saturated heterocycles. The van der Waals surface area contributed by atoms with Gasteiger partial charge in [0.05, 0.1) is 29.1 Å². The molecule has 4 nitrogen and oxygen atoms in total. The lowest BCUT2D eigenvalue weighted by atomic mass is 9.99. The first-order valence-corrected chi connectivity index (χ1v) is 13.1. The monoisotopic (exact) mass is 491 g/mol.